The molecule has 8 heteroatoms. The predicted octanol–water partition coefficient (Wildman–Crippen LogP) is 2.59. The molecule has 0 saturated heterocycles. The Morgan fingerprint density at radius 2 is 2.08 bits per heavy atom. The molecule has 0 aliphatic heterocycles. The van der Waals surface area contributed by atoms with Crippen molar-refractivity contribution in [3.63, 3.8) is 0 Å². The topological polar surface area (TPSA) is 87.0 Å². The summed E-state index contributed by atoms with van der Waals surface area (Å²) in [6.45, 7) is 0. The van der Waals surface area contributed by atoms with Gasteiger partial charge in [-0.1, -0.05) is 11.6 Å². The van der Waals surface area contributed by atoms with Crippen LogP contribution in [-0.4, -0.2) is 25.1 Å². The van der Waals surface area contributed by atoms with Crippen molar-refractivity contribution in [3.05, 3.63) is 29.0 Å². The fraction of sp³-hybridized carbons (Fsp3) is 0.500. The van der Waals surface area contributed by atoms with E-state index in [-0.39, 0.29) is 22.2 Å². The van der Waals surface area contributed by atoms with E-state index in [4.69, 9.17) is 16.9 Å². The highest BCUT2D eigenvalue weighted by molar-refractivity contribution is 7.92. The quantitative estimate of drug-likeness (QED) is 0.825. The van der Waals surface area contributed by atoms with Crippen LogP contribution in [0.4, 0.5) is 4.39 Å². The van der Waals surface area contributed by atoms with Gasteiger partial charge in [-0.05, 0) is 50.3 Å². The molecule has 1 aromatic carbocycles. The molecule has 24 heavy (non-hydrogen) atoms. The van der Waals surface area contributed by atoms with Crippen LogP contribution in [0.25, 0.3) is 0 Å². The van der Waals surface area contributed by atoms with Crippen LogP contribution in [-0.2, 0) is 14.6 Å². The summed E-state index contributed by atoms with van der Waals surface area (Å²) in [4.78, 5) is 12.1. The predicted molar refractivity (Wildman–Crippen MR) is 85.4 cm³/mol. The van der Waals surface area contributed by atoms with E-state index in [1.165, 1.54) is 0 Å². The third-order valence-electron chi connectivity index (χ3n) is 4.72. The van der Waals surface area contributed by atoms with Crippen molar-refractivity contribution < 1.29 is 17.6 Å². The fourth-order valence-electron chi connectivity index (χ4n) is 3.07. The first-order valence-electron chi connectivity index (χ1n) is 7.70. The molecule has 1 aromatic rings. The third-order valence-corrected chi connectivity index (χ3v) is 7.42. The molecule has 0 heterocycles. The van der Waals surface area contributed by atoms with Gasteiger partial charge in [-0.2, -0.15) is 5.26 Å². The summed E-state index contributed by atoms with van der Waals surface area (Å²) in [6.07, 6.45) is 2.23. The van der Waals surface area contributed by atoms with E-state index in [0.29, 0.717) is 25.7 Å². The summed E-state index contributed by atoms with van der Waals surface area (Å²) >= 11 is 5.87. The highest BCUT2D eigenvalue weighted by Gasteiger charge is 2.47. The van der Waals surface area contributed by atoms with Crippen molar-refractivity contribution in [2.45, 2.75) is 47.8 Å². The summed E-state index contributed by atoms with van der Waals surface area (Å²) in [5.74, 6) is -1.30. The SMILES string of the molecule is N#CC1(NC(=O)[C@@H]2CC[C@@H](S(=O)(=O)c3ccc(F)cc3Cl)C2)CC1. The van der Waals surface area contributed by atoms with E-state index < -0.39 is 32.4 Å². The van der Waals surface area contributed by atoms with Gasteiger partial charge in [0, 0.05) is 5.92 Å². The molecule has 2 atom stereocenters. The molecular formula is C16H16ClFN2O3S. The van der Waals surface area contributed by atoms with Crippen molar-refractivity contribution in [2.75, 3.05) is 0 Å². The molecule has 2 saturated carbocycles. The van der Waals surface area contributed by atoms with Gasteiger partial charge in [-0.3, -0.25) is 4.79 Å². The Bertz CT molecular complexity index is 830. The lowest BCUT2D eigenvalue weighted by Gasteiger charge is -2.15. The molecular weight excluding hydrogens is 355 g/mol. The van der Waals surface area contributed by atoms with Crippen LogP contribution >= 0.6 is 11.6 Å². The maximum atomic E-state index is 13.1. The van der Waals surface area contributed by atoms with Crippen LogP contribution in [0.3, 0.4) is 0 Å². The fourth-order valence-corrected chi connectivity index (χ4v) is 5.44. The first kappa shape index (κ1) is 17.2. The number of halogens is 2. The maximum absolute atomic E-state index is 13.1. The van der Waals surface area contributed by atoms with Gasteiger partial charge >= 0.3 is 0 Å². The monoisotopic (exact) mass is 370 g/mol. The number of amides is 1. The highest BCUT2D eigenvalue weighted by atomic mass is 35.5. The number of carbonyl (C=O) groups is 1. The van der Waals surface area contributed by atoms with Crippen molar-refractivity contribution in [1.29, 1.82) is 5.26 Å². The van der Waals surface area contributed by atoms with Crippen LogP contribution in [0.1, 0.15) is 32.1 Å². The molecule has 1 N–H and O–H groups in total. The number of carbonyl (C=O) groups excluding carboxylic acids is 1. The molecule has 0 radical (unpaired) electrons. The zero-order chi connectivity index (χ0) is 17.5. The molecule has 0 unspecified atom stereocenters. The largest absolute Gasteiger partial charge is 0.338 e. The smallest absolute Gasteiger partial charge is 0.224 e. The van der Waals surface area contributed by atoms with Gasteiger partial charge in [0.25, 0.3) is 0 Å². The lowest BCUT2D eigenvalue weighted by atomic mass is 10.1. The molecule has 2 fully saturated rings. The molecule has 5 nitrogen and oxygen atoms in total. The zero-order valence-corrected chi connectivity index (χ0v) is 14.3. The molecule has 0 bridgehead atoms. The molecule has 128 valence electrons. The summed E-state index contributed by atoms with van der Waals surface area (Å²) in [5, 5.41) is 10.9. The molecule has 0 aromatic heterocycles. The average molecular weight is 371 g/mol. The molecule has 1 amide bonds. The van der Waals surface area contributed by atoms with E-state index in [0.717, 1.165) is 18.2 Å². The molecule has 0 spiro atoms. The lowest BCUT2D eigenvalue weighted by Crippen LogP contribution is -2.39. The van der Waals surface area contributed by atoms with Gasteiger partial charge in [-0.15, -0.1) is 0 Å². The molecule has 2 aliphatic rings. The Labute approximate surface area is 144 Å². The average Bonchev–Trinajstić information content (AvgIpc) is 3.10. The number of sulfone groups is 1. The Balaban J connectivity index is 1.73. The number of benzene rings is 1. The van der Waals surface area contributed by atoms with Gasteiger partial charge < -0.3 is 5.32 Å². The summed E-state index contributed by atoms with van der Waals surface area (Å²) in [5.41, 5.74) is -0.756. The summed E-state index contributed by atoms with van der Waals surface area (Å²) in [7, 11) is -3.73. The van der Waals surface area contributed by atoms with E-state index >= 15 is 0 Å². The van der Waals surface area contributed by atoms with Crippen molar-refractivity contribution >= 4 is 27.3 Å². The van der Waals surface area contributed by atoms with Crippen LogP contribution in [0, 0.1) is 23.1 Å². The lowest BCUT2D eigenvalue weighted by molar-refractivity contribution is -0.125. The van der Waals surface area contributed by atoms with Crippen LogP contribution in [0.15, 0.2) is 23.1 Å². The third kappa shape index (κ3) is 3.13. The van der Waals surface area contributed by atoms with Gasteiger partial charge in [0.05, 0.1) is 21.2 Å². The van der Waals surface area contributed by atoms with Gasteiger partial charge in [0.15, 0.2) is 9.84 Å². The second-order valence-electron chi connectivity index (χ2n) is 6.43. The number of rotatable bonds is 4. The molecule has 3 rings (SSSR count). The van der Waals surface area contributed by atoms with Crippen molar-refractivity contribution in [2.24, 2.45) is 5.92 Å². The number of nitrogens with one attached hydrogen (secondary N) is 1. The number of nitriles is 1. The van der Waals surface area contributed by atoms with Crippen molar-refractivity contribution in [1.82, 2.24) is 5.32 Å². The normalized spacial score (nSPS) is 25.0. The summed E-state index contributed by atoms with van der Waals surface area (Å²) < 4.78 is 38.5. The number of hydrogen-bond donors (Lipinski definition) is 1. The van der Waals surface area contributed by atoms with E-state index in [1.54, 1.807) is 0 Å². The highest BCUT2D eigenvalue weighted by Crippen LogP contribution is 2.39. The Morgan fingerprint density at radius 1 is 1.38 bits per heavy atom. The maximum Gasteiger partial charge on any atom is 0.224 e. The van der Waals surface area contributed by atoms with Crippen molar-refractivity contribution in [3.8, 4) is 6.07 Å². The van der Waals surface area contributed by atoms with Gasteiger partial charge in [-0.25, -0.2) is 12.8 Å². The van der Waals surface area contributed by atoms with E-state index in [1.807, 2.05) is 0 Å². The number of nitrogens with zero attached hydrogens (tertiary/aromatic N) is 1. The number of hydrogen-bond acceptors (Lipinski definition) is 4. The van der Waals surface area contributed by atoms with Crippen LogP contribution < -0.4 is 5.32 Å². The Kier molecular flexibility index (Phi) is 4.30. The standard InChI is InChI=1S/C16H16ClFN2O3S/c17-13-8-11(18)2-4-14(13)24(22,23)12-3-1-10(7-12)15(21)20-16(9-19)5-6-16/h2,4,8,10,12H,1,3,5-7H2,(H,20,21)/t10-,12-/m1/s1. The second-order valence-corrected chi connectivity index (χ2v) is 9.04. The second kappa shape index (κ2) is 6.01. The Hall–Kier alpha value is -1.65. The first-order valence-corrected chi connectivity index (χ1v) is 9.62. The van der Waals surface area contributed by atoms with E-state index in [9.17, 15) is 17.6 Å². The summed E-state index contributed by atoms with van der Waals surface area (Å²) in [6, 6.07) is 5.27. The van der Waals surface area contributed by atoms with Gasteiger partial charge in [0.1, 0.15) is 11.4 Å². The van der Waals surface area contributed by atoms with Gasteiger partial charge in [0.2, 0.25) is 5.91 Å². The van der Waals surface area contributed by atoms with Crippen LogP contribution in [0.5, 0.6) is 0 Å². The minimum atomic E-state index is -3.73. The van der Waals surface area contributed by atoms with Crippen LogP contribution in [0.2, 0.25) is 5.02 Å². The zero-order valence-electron chi connectivity index (χ0n) is 12.8. The minimum absolute atomic E-state index is 0.104. The van der Waals surface area contributed by atoms with E-state index in [2.05, 4.69) is 11.4 Å². The first-order chi connectivity index (χ1) is 11.3. The Morgan fingerprint density at radius 3 is 2.67 bits per heavy atom. The molecule has 2 aliphatic carbocycles. The minimum Gasteiger partial charge on any atom is -0.338 e.